The molecule has 0 radical (unpaired) electrons. The van der Waals surface area contributed by atoms with E-state index in [1.165, 1.54) is 0 Å². The molecule has 0 aliphatic heterocycles. The number of aromatic hydroxyl groups is 2. The van der Waals surface area contributed by atoms with E-state index in [-0.39, 0.29) is 17.4 Å². The average molecular weight is 279 g/mol. The molecule has 0 atom stereocenters. The molecule has 0 fully saturated rings. The lowest BCUT2D eigenvalue weighted by atomic mass is 9.97. The summed E-state index contributed by atoms with van der Waals surface area (Å²) in [4.78, 5) is 0. The summed E-state index contributed by atoms with van der Waals surface area (Å²) >= 11 is 0. The molecule has 0 amide bonds. The van der Waals surface area contributed by atoms with Gasteiger partial charge in [-0.1, -0.05) is 44.2 Å². The van der Waals surface area contributed by atoms with E-state index in [2.05, 4.69) is 6.07 Å². The first-order chi connectivity index (χ1) is 10.0. The standard InChI is InChI=1S/C18H17NO2/c1-12(2)18-16(20)9-13(10-17(18)21)8-15(11-19)14-6-4-3-5-7-14/h3-10,12,20-21H,1-2H3. The number of phenols is 2. The second-order valence-electron chi connectivity index (χ2n) is 5.16. The van der Waals surface area contributed by atoms with Crippen LogP contribution in [0.15, 0.2) is 42.5 Å². The van der Waals surface area contributed by atoms with Crippen LogP contribution in [0, 0.1) is 11.3 Å². The van der Waals surface area contributed by atoms with Gasteiger partial charge in [-0.15, -0.1) is 0 Å². The Balaban J connectivity index is 2.48. The Morgan fingerprint density at radius 3 is 2.14 bits per heavy atom. The lowest BCUT2D eigenvalue weighted by Crippen LogP contribution is -1.90. The quantitative estimate of drug-likeness (QED) is 0.651. The number of nitriles is 1. The summed E-state index contributed by atoms with van der Waals surface area (Å²) in [5, 5.41) is 29.3. The molecule has 0 aliphatic carbocycles. The third-order valence-corrected chi connectivity index (χ3v) is 3.25. The highest BCUT2D eigenvalue weighted by Gasteiger charge is 2.13. The lowest BCUT2D eigenvalue weighted by Gasteiger charge is -2.11. The van der Waals surface area contributed by atoms with Crippen LogP contribution in [0.1, 0.15) is 36.5 Å². The third kappa shape index (κ3) is 3.24. The van der Waals surface area contributed by atoms with Crippen LogP contribution >= 0.6 is 0 Å². The minimum Gasteiger partial charge on any atom is -0.507 e. The zero-order valence-electron chi connectivity index (χ0n) is 12.0. The number of nitrogens with zero attached hydrogens (tertiary/aromatic N) is 1. The minimum absolute atomic E-state index is 0.0209. The molecular weight excluding hydrogens is 262 g/mol. The zero-order valence-corrected chi connectivity index (χ0v) is 12.0. The largest absolute Gasteiger partial charge is 0.507 e. The van der Waals surface area contributed by atoms with Crippen molar-refractivity contribution >= 4 is 11.6 Å². The number of phenolic OH excluding ortho intramolecular Hbond substituents is 2. The summed E-state index contributed by atoms with van der Waals surface area (Å²) in [6.07, 6.45) is 1.65. The second-order valence-corrected chi connectivity index (χ2v) is 5.16. The molecule has 106 valence electrons. The smallest absolute Gasteiger partial charge is 0.123 e. The summed E-state index contributed by atoms with van der Waals surface area (Å²) in [7, 11) is 0. The molecule has 2 aromatic rings. The van der Waals surface area contributed by atoms with Gasteiger partial charge in [-0.05, 0) is 35.3 Å². The maximum Gasteiger partial charge on any atom is 0.123 e. The van der Waals surface area contributed by atoms with Crippen LogP contribution in [0.2, 0.25) is 0 Å². The molecule has 0 aliphatic rings. The molecule has 0 heterocycles. The molecule has 0 spiro atoms. The summed E-state index contributed by atoms with van der Waals surface area (Å²) in [5.41, 5.74) is 2.39. The normalized spacial score (nSPS) is 11.4. The molecule has 0 aromatic heterocycles. The number of hydrogen-bond donors (Lipinski definition) is 2. The number of benzene rings is 2. The van der Waals surface area contributed by atoms with Crippen molar-refractivity contribution in [3.8, 4) is 17.6 Å². The van der Waals surface area contributed by atoms with Crippen LogP contribution in [0.5, 0.6) is 11.5 Å². The van der Waals surface area contributed by atoms with Crippen molar-refractivity contribution in [3.05, 3.63) is 59.2 Å². The van der Waals surface area contributed by atoms with E-state index in [4.69, 9.17) is 0 Å². The van der Waals surface area contributed by atoms with E-state index in [0.29, 0.717) is 16.7 Å². The molecule has 2 rings (SSSR count). The van der Waals surface area contributed by atoms with Crippen molar-refractivity contribution in [2.24, 2.45) is 0 Å². The van der Waals surface area contributed by atoms with E-state index >= 15 is 0 Å². The van der Waals surface area contributed by atoms with Gasteiger partial charge in [0.15, 0.2) is 0 Å². The van der Waals surface area contributed by atoms with Crippen LogP contribution in [-0.4, -0.2) is 10.2 Å². The predicted octanol–water partition coefficient (Wildman–Crippen LogP) is 4.29. The zero-order chi connectivity index (χ0) is 15.4. The van der Waals surface area contributed by atoms with E-state index in [9.17, 15) is 15.5 Å². The van der Waals surface area contributed by atoms with Gasteiger partial charge in [-0.3, -0.25) is 0 Å². The van der Waals surface area contributed by atoms with E-state index in [0.717, 1.165) is 5.56 Å². The first-order valence-corrected chi connectivity index (χ1v) is 6.76. The highest BCUT2D eigenvalue weighted by molar-refractivity contribution is 5.90. The number of hydrogen-bond acceptors (Lipinski definition) is 3. The Labute approximate surface area is 124 Å². The van der Waals surface area contributed by atoms with Gasteiger partial charge in [-0.2, -0.15) is 5.26 Å². The topological polar surface area (TPSA) is 64.2 Å². The molecule has 0 unspecified atom stereocenters. The van der Waals surface area contributed by atoms with Crippen LogP contribution < -0.4 is 0 Å². The molecule has 0 bridgehead atoms. The molecule has 0 saturated heterocycles. The highest BCUT2D eigenvalue weighted by atomic mass is 16.3. The van der Waals surface area contributed by atoms with Crippen LogP contribution in [0.4, 0.5) is 0 Å². The molecule has 21 heavy (non-hydrogen) atoms. The Hall–Kier alpha value is -2.73. The average Bonchev–Trinajstić information content (AvgIpc) is 2.44. The fourth-order valence-electron chi connectivity index (χ4n) is 2.28. The van der Waals surface area contributed by atoms with Crippen molar-refractivity contribution in [1.29, 1.82) is 5.26 Å². The van der Waals surface area contributed by atoms with Crippen LogP contribution in [-0.2, 0) is 0 Å². The van der Waals surface area contributed by atoms with Crippen LogP contribution in [0.3, 0.4) is 0 Å². The van der Waals surface area contributed by atoms with Gasteiger partial charge in [0.25, 0.3) is 0 Å². The Kier molecular flexibility index (Phi) is 4.30. The van der Waals surface area contributed by atoms with Gasteiger partial charge < -0.3 is 10.2 Å². The maximum atomic E-state index is 10.0. The summed E-state index contributed by atoms with van der Waals surface area (Å²) in [6.45, 7) is 3.80. The van der Waals surface area contributed by atoms with E-state index in [1.807, 2.05) is 44.2 Å². The van der Waals surface area contributed by atoms with Crippen molar-refractivity contribution in [2.75, 3.05) is 0 Å². The van der Waals surface area contributed by atoms with Gasteiger partial charge >= 0.3 is 0 Å². The highest BCUT2D eigenvalue weighted by Crippen LogP contribution is 2.35. The SMILES string of the molecule is CC(C)c1c(O)cc(C=C(C#N)c2ccccc2)cc1O. The van der Waals surface area contributed by atoms with Gasteiger partial charge in [0.1, 0.15) is 11.5 Å². The van der Waals surface area contributed by atoms with Gasteiger partial charge in [0.05, 0.1) is 11.6 Å². The Morgan fingerprint density at radius 1 is 1.10 bits per heavy atom. The predicted molar refractivity (Wildman–Crippen MR) is 83.8 cm³/mol. The summed E-state index contributed by atoms with van der Waals surface area (Å²) < 4.78 is 0. The lowest BCUT2D eigenvalue weighted by molar-refractivity contribution is 0.433. The molecule has 2 N–H and O–H groups in total. The van der Waals surface area contributed by atoms with Crippen molar-refractivity contribution < 1.29 is 10.2 Å². The van der Waals surface area contributed by atoms with Crippen LogP contribution in [0.25, 0.3) is 11.6 Å². The summed E-state index contributed by atoms with van der Waals surface area (Å²) in [6, 6.07) is 14.6. The summed E-state index contributed by atoms with van der Waals surface area (Å²) in [5.74, 6) is 0.107. The Morgan fingerprint density at radius 2 is 1.67 bits per heavy atom. The molecule has 0 saturated carbocycles. The Bertz CT molecular complexity index is 687. The fourth-order valence-corrected chi connectivity index (χ4v) is 2.28. The first kappa shape index (κ1) is 14.7. The maximum absolute atomic E-state index is 10.0. The first-order valence-electron chi connectivity index (χ1n) is 6.76. The van der Waals surface area contributed by atoms with Gasteiger partial charge in [0, 0.05) is 5.56 Å². The molecule has 2 aromatic carbocycles. The van der Waals surface area contributed by atoms with Gasteiger partial charge in [0.2, 0.25) is 0 Å². The van der Waals surface area contributed by atoms with E-state index in [1.54, 1.807) is 18.2 Å². The third-order valence-electron chi connectivity index (χ3n) is 3.25. The minimum atomic E-state index is 0.0209. The number of rotatable bonds is 3. The second kappa shape index (κ2) is 6.15. The van der Waals surface area contributed by atoms with E-state index < -0.39 is 0 Å². The van der Waals surface area contributed by atoms with Gasteiger partial charge in [-0.25, -0.2) is 0 Å². The van der Waals surface area contributed by atoms with Crippen molar-refractivity contribution in [2.45, 2.75) is 19.8 Å². The van der Waals surface area contributed by atoms with Crippen molar-refractivity contribution in [1.82, 2.24) is 0 Å². The molecule has 3 nitrogen and oxygen atoms in total. The van der Waals surface area contributed by atoms with Crippen molar-refractivity contribution in [3.63, 3.8) is 0 Å². The fraction of sp³-hybridized carbons (Fsp3) is 0.167. The molecule has 3 heteroatoms. The monoisotopic (exact) mass is 279 g/mol. The molecular formula is C18H17NO2. The number of allylic oxidation sites excluding steroid dienone is 1.